The number of aromatic nitrogens is 3. The summed E-state index contributed by atoms with van der Waals surface area (Å²) in [6.45, 7) is 2.52. The molecule has 0 saturated carbocycles. The molecule has 1 fully saturated rings. The van der Waals surface area contributed by atoms with Crippen molar-refractivity contribution < 1.29 is 17.6 Å². The molecule has 146 valence electrons. The van der Waals surface area contributed by atoms with Crippen molar-refractivity contribution in [3.8, 4) is 11.5 Å². The number of ether oxygens (including phenoxy) is 1. The molecule has 0 radical (unpaired) electrons. The Hall–Kier alpha value is -2.78. The molecule has 4 rings (SSSR count). The molecular weight excluding hydrogens is 380 g/mol. The summed E-state index contributed by atoms with van der Waals surface area (Å²) >= 11 is 0. The smallest absolute Gasteiger partial charge is 0.180 e. The van der Waals surface area contributed by atoms with E-state index in [0.29, 0.717) is 55.1 Å². The minimum atomic E-state index is -3.53. The Morgan fingerprint density at radius 3 is 2.57 bits per heavy atom. The second kappa shape index (κ2) is 7.69. The standard InChI is InChI=1S/C19H20N4O4S/c1-28(24,25)18(16-6-4-10-27-16)15-13-17(23-8-11-26-12-9-23)22-19(21-15)14-5-2-3-7-20-14/h2-7,10,13,18H,8-9,11-12H2,1H3. The Balaban J connectivity index is 1.87. The van der Waals surface area contributed by atoms with Gasteiger partial charge in [-0.3, -0.25) is 4.98 Å². The Bertz CT molecular complexity index is 1030. The highest BCUT2D eigenvalue weighted by Gasteiger charge is 2.31. The van der Waals surface area contributed by atoms with Crippen LogP contribution in [0, 0.1) is 0 Å². The average molecular weight is 400 g/mol. The van der Waals surface area contributed by atoms with Crippen LogP contribution in [0.1, 0.15) is 16.7 Å². The first-order chi connectivity index (χ1) is 13.5. The SMILES string of the molecule is CS(=O)(=O)C(c1cc(N2CCOCC2)nc(-c2ccccn2)n1)c1ccco1. The Kier molecular flexibility index (Phi) is 5.10. The summed E-state index contributed by atoms with van der Waals surface area (Å²) in [4.78, 5) is 15.6. The largest absolute Gasteiger partial charge is 0.468 e. The van der Waals surface area contributed by atoms with Gasteiger partial charge in [-0.1, -0.05) is 6.07 Å². The van der Waals surface area contributed by atoms with Gasteiger partial charge in [0.15, 0.2) is 20.9 Å². The number of furan rings is 1. The molecule has 1 unspecified atom stereocenters. The summed E-state index contributed by atoms with van der Waals surface area (Å²) in [5.41, 5.74) is 0.931. The molecule has 4 heterocycles. The van der Waals surface area contributed by atoms with Crippen molar-refractivity contribution in [2.24, 2.45) is 0 Å². The summed E-state index contributed by atoms with van der Waals surface area (Å²) < 4.78 is 36.0. The third-order valence-electron chi connectivity index (χ3n) is 4.46. The molecule has 9 heteroatoms. The highest BCUT2D eigenvalue weighted by atomic mass is 32.2. The molecule has 0 aliphatic carbocycles. The fourth-order valence-corrected chi connectivity index (χ4v) is 4.28. The van der Waals surface area contributed by atoms with Crippen LogP contribution in [-0.2, 0) is 14.6 Å². The van der Waals surface area contributed by atoms with Gasteiger partial charge in [-0.15, -0.1) is 0 Å². The van der Waals surface area contributed by atoms with Crippen molar-refractivity contribution >= 4 is 15.7 Å². The van der Waals surface area contributed by atoms with Gasteiger partial charge in [0, 0.05) is 31.6 Å². The molecule has 3 aromatic rings. The summed E-state index contributed by atoms with van der Waals surface area (Å²) in [6.07, 6.45) is 4.29. The Morgan fingerprint density at radius 1 is 1.11 bits per heavy atom. The van der Waals surface area contributed by atoms with E-state index in [2.05, 4.69) is 19.9 Å². The van der Waals surface area contributed by atoms with E-state index >= 15 is 0 Å². The number of sulfone groups is 1. The van der Waals surface area contributed by atoms with Gasteiger partial charge < -0.3 is 14.1 Å². The molecular formula is C19H20N4O4S. The number of hydrogen-bond acceptors (Lipinski definition) is 8. The van der Waals surface area contributed by atoms with Crippen molar-refractivity contribution in [1.82, 2.24) is 15.0 Å². The van der Waals surface area contributed by atoms with E-state index in [1.54, 1.807) is 36.5 Å². The topological polar surface area (TPSA) is 98.4 Å². The van der Waals surface area contributed by atoms with Crippen LogP contribution in [0.4, 0.5) is 5.82 Å². The maximum atomic E-state index is 12.6. The lowest BCUT2D eigenvalue weighted by atomic mass is 10.2. The van der Waals surface area contributed by atoms with Crippen LogP contribution >= 0.6 is 0 Å². The quantitative estimate of drug-likeness (QED) is 0.642. The lowest BCUT2D eigenvalue weighted by Gasteiger charge is -2.28. The highest BCUT2D eigenvalue weighted by Crippen LogP contribution is 2.32. The highest BCUT2D eigenvalue weighted by molar-refractivity contribution is 7.91. The van der Waals surface area contributed by atoms with Crippen molar-refractivity contribution in [3.05, 3.63) is 60.3 Å². The van der Waals surface area contributed by atoms with Crippen molar-refractivity contribution in [3.63, 3.8) is 0 Å². The molecule has 8 nitrogen and oxygen atoms in total. The first kappa shape index (κ1) is 18.6. The second-order valence-electron chi connectivity index (χ2n) is 6.51. The summed E-state index contributed by atoms with van der Waals surface area (Å²) in [5.74, 6) is 1.34. The van der Waals surface area contributed by atoms with Gasteiger partial charge in [0.05, 0.1) is 25.2 Å². The van der Waals surface area contributed by atoms with Gasteiger partial charge in [-0.2, -0.15) is 0 Å². The van der Waals surface area contributed by atoms with Crippen LogP contribution in [-0.4, -0.2) is 55.9 Å². The van der Waals surface area contributed by atoms with Gasteiger partial charge in [0.25, 0.3) is 0 Å². The van der Waals surface area contributed by atoms with E-state index in [4.69, 9.17) is 9.15 Å². The molecule has 1 atom stereocenters. The third-order valence-corrected chi connectivity index (χ3v) is 5.79. The van der Waals surface area contributed by atoms with Gasteiger partial charge in [0.1, 0.15) is 17.3 Å². The molecule has 1 aliphatic rings. The molecule has 1 saturated heterocycles. The van der Waals surface area contributed by atoms with Gasteiger partial charge in [-0.05, 0) is 24.3 Å². The summed E-state index contributed by atoms with van der Waals surface area (Å²) in [5, 5.41) is -1.02. The summed E-state index contributed by atoms with van der Waals surface area (Å²) in [7, 11) is -3.53. The number of nitrogens with zero attached hydrogens (tertiary/aromatic N) is 4. The fraction of sp³-hybridized carbons (Fsp3) is 0.316. The normalized spacial score (nSPS) is 16.1. The number of rotatable bonds is 5. The van der Waals surface area contributed by atoms with Crippen LogP contribution < -0.4 is 4.90 Å². The lowest BCUT2D eigenvalue weighted by Crippen LogP contribution is -2.37. The van der Waals surface area contributed by atoms with Crippen LogP contribution in [0.3, 0.4) is 0 Å². The zero-order valence-corrected chi connectivity index (χ0v) is 16.2. The fourth-order valence-electron chi connectivity index (χ4n) is 3.17. The summed E-state index contributed by atoms with van der Waals surface area (Å²) in [6, 6.07) is 10.5. The lowest BCUT2D eigenvalue weighted by molar-refractivity contribution is 0.122. The van der Waals surface area contributed by atoms with Crippen molar-refractivity contribution in [1.29, 1.82) is 0 Å². The first-order valence-electron chi connectivity index (χ1n) is 8.88. The van der Waals surface area contributed by atoms with Crippen molar-refractivity contribution in [2.75, 3.05) is 37.5 Å². The van der Waals surface area contributed by atoms with E-state index < -0.39 is 15.1 Å². The molecule has 0 amide bonds. The Labute approximate surface area is 163 Å². The minimum absolute atomic E-state index is 0.320. The van der Waals surface area contributed by atoms with Gasteiger partial charge >= 0.3 is 0 Å². The predicted octanol–water partition coefficient (Wildman–Crippen LogP) is 2.10. The number of morpholine rings is 1. The van der Waals surface area contributed by atoms with Crippen molar-refractivity contribution in [2.45, 2.75) is 5.25 Å². The van der Waals surface area contributed by atoms with E-state index in [9.17, 15) is 8.42 Å². The first-order valence-corrected chi connectivity index (χ1v) is 10.8. The van der Waals surface area contributed by atoms with Crippen LogP contribution in [0.5, 0.6) is 0 Å². The van der Waals surface area contributed by atoms with Crippen LogP contribution in [0.2, 0.25) is 0 Å². The Morgan fingerprint density at radius 2 is 1.93 bits per heavy atom. The van der Waals surface area contributed by atoms with Gasteiger partial charge in [-0.25, -0.2) is 18.4 Å². The third kappa shape index (κ3) is 3.90. The molecule has 0 N–H and O–H groups in total. The monoisotopic (exact) mass is 400 g/mol. The average Bonchev–Trinajstić information content (AvgIpc) is 3.22. The molecule has 0 bridgehead atoms. The van der Waals surface area contributed by atoms with Gasteiger partial charge in [0.2, 0.25) is 0 Å². The predicted molar refractivity (Wildman–Crippen MR) is 104 cm³/mol. The molecule has 28 heavy (non-hydrogen) atoms. The molecule has 3 aromatic heterocycles. The number of anilines is 1. The van der Waals surface area contributed by atoms with E-state index in [-0.39, 0.29) is 0 Å². The van der Waals surface area contributed by atoms with Crippen LogP contribution in [0.15, 0.2) is 53.3 Å². The maximum absolute atomic E-state index is 12.6. The zero-order valence-electron chi connectivity index (χ0n) is 15.4. The number of pyridine rings is 1. The van der Waals surface area contributed by atoms with E-state index in [1.807, 2.05) is 6.07 Å². The van der Waals surface area contributed by atoms with E-state index in [1.165, 1.54) is 12.5 Å². The molecule has 0 spiro atoms. The maximum Gasteiger partial charge on any atom is 0.180 e. The van der Waals surface area contributed by atoms with E-state index in [0.717, 1.165) is 0 Å². The zero-order chi connectivity index (χ0) is 19.6. The van der Waals surface area contributed by atoms with Crippen LogP contribution in [0.25, 0.3) is 11.5 Å². The number of hydrogen-bond donors (Lipinski definition) is 0. The molecule has 1 aliphatic heterocycles. The molecule has 0 aromatic carbocycles. The second-order valence-corrected chi connectivity index (χ2v) is 8.64. The minimum Gasteiger partial charge on any atom is -0.468 e.